The third-order valence-corrected chi connectivity index (χ3v) is 2.45. The Morgan fingerprint density at radius 1 is 1.40 bits per heavy atom. The highest BCUT2D eigenvalue weighted by molar-refractivity contribution is 9.10. The topological polar surface area (TPSA) is 78.5 Å². The molecule has 0 aliphatic carbocycles. The van der Waals surface area contributed by atoms with Gasteiger partial charge in [-0.15, -0.1) is 15.3 Å². The Labute approximate surface area is 93.2 Å². The van der Waals surface area contributed by atoms with Crippen molar-refractivity contribution < 1.29 is 4.79 Å². The van der Waals surface area contributed by atoms with Crippen LogP contribution in [0.2, 0.25) is 0 Å². The van der Waals surface area contributed by atoms with Crippen molar-refractivity contribution in [3.05, 3.63) is 22.4 Å². The molecule has 0 amide bonds. The van der Waals surface area contributed by atoms with Crippen LogP contribution in [0.3, 0.4) is 0 Å². The molecule has 0 aliphatic heterocycles. The van der Waals surface area contributed by atoms with Crippen LogP contribution in [-0.2, 0) is 14.1 Å². The van der Waals surface area contributed by atoms with Gasteiger partial charge < -0.3 is 4.57 Å². The monoisotopic (exact) mass is 270 g/mol. The van der Waals surface area contributed by atoms with E-state index in [1.807, 2.05) is 0 Å². The molecule has 0 atom stereocenters. The van der Waals surface area contributed by atoms with Crippen LogP contribution in [0.15, 0.2) is 10.9 Å². The Morgan fingerprint density at radius 2 is 2.13 bits per heavy atom. The van der Waals surface area contributed by atoms with Crippen molar-refractivity contribution in [2.75, 3.05) is 0 Å². The number of aromatic nitrogens is 6. The number of hydrogen-bond acceptors (Lipinski definition) is 5. The normalized spacial score (nSPS) is 10.6. The molecule has 0 aromatic carbocycles. The first-order valence-corrected chi connectivity index (χ1v) is 4.84. The minimum Gasteiger partial charge on any atom is -0.314 e. The molecular weight excluding hydrogens is 264 g/mol. The lowest BCUT2D eigenvalue weighted by molar-refractivity contribution is 0.101. The zero-order chi connectivity index (χ0) is 11.0. The Bertz CT molecular complexity index is 496. The lowest BCUT2D eigenvalue weighted by atomic mass is 10.3. The van der Waals surface area contributed by atoms with Gasteiger partial charge in [0.1, 0.15) is 12.0 Å². The van der Waals surface area contributed by atoms with Crippen molar-refractivity contribution >= 4 is 21.7 Å². The summed E-state index contributed by atoms with van der Waals surface area (Å²) in [5.74, 6) is -0.0181. The molecule has 0 aliphatic rings. The van der Waals surface area contributed by atoms with Crippen LogP contribution >= 0.6 is 15.9 Å². The van der Waals surface area contributed by atoms with Crippen LogP contribution in [0, 0.1) is 0 Å². The van der Waals surface area contributed by atoms with E-state index in [2.05, 4.69) is 36.4 Å². The van der Waals surface area contributed by atoms with Crippen molar-refractivity contribution in [3.8, 4) is 0 Å². The maximum atomic E-state index is 12.0. The van der Waals surface area contributed by atoms with Gasteiger partial charge in [0, 0.05) is 14.1 Å². The number of rotatable bonds is 2. The van der Waals surface area contributed by atoms with E-state index in [1.54, 1.807) is 18.7 Å². The van der Waals surface area contributed by atoms with Gasteiger partial charge in [0.05, 0.1) is 0 Å². The summed E-state index contributed by atoms with van der Waals surface area (Å²) < 4.78 is 3.33. The Balaban J connectivity index is 2.50. The summed E-state index contributed by atoms with van der Waals surface area (Å²) in [5, 5.41) is 14.8. The Kier molecular flexibility index (Phi) is 2.35. The van der Waals surface area contributed by atoms with Gasteiger partial charge in [-0.3, -0.25) is 4.79 Å². The molecule has 0 saturated heterocycles. The molecule has 0 unspecified atom stereocenters. The zero-order valence-corrected chi connectivity index (χ0v) is 9.63. The van der Waals surface area contributed by atoms with E-state index in [-0.39, 0.29) is 11.6 Å². The lowest BCUT2D eigenvalue weighted by Crippen LogP contribution is -2.13. The molecule has 2 rings (SSSR count). The molecular formula is C7H7BrN6O. The number of carbonyl (C=O) groups is 1. The van der Waals surface area contributed by atoms with Crippen LogP contribution in [0.5, 0.6) is 0 Å². The van der Waals surface area contributed by atoms with Crippen molar-refractivity contribution in [3.63, 3.8) is 0 Å². The number of ketones is 1. The standard InChI is InChI=1S/C7H7BrN6O/c1-13-3-9-11-7(13)5(15)4-6(8)10-12-14(4)2/h3H,1-2H3. The van der Waals surface area contributed by atoms with E-state index in [0.29, 0.717) is 10.3 Å². The summed E-state index contributed by atoms with van der Waals surface area (Å²) in [7, 11) is 3.34. The minimum atomic E-state index is -0.269. The number of hydrogen-bond donors (Lipinski definition) is 0. The fourth-order valence-electron chi connectivity index (χ4n) is 1.17. The second-order valence-corrected chi connectivity index (χ2v) is 3.70. The number of carbonyl (C=O) groups excluding carboxylic acids is 1. The molecule has 0 saturated carbocycles. The van der Waals surface area contributed by atoms with Crippen LogP contribution in [-0.4, -0.2) is 35.5 Å². The van der Waals surface area contributed by atoms with E-state index in [9.17, 15) is 4.79 Å². The van der Waals surface area contributed by atoms with Gasteiger partial charge in [-0.05, 0) is 15.9 Å². The third-order valence-electron chi connectivity index (χ3n) is 1.92. The molecule has 0 radical (unpaired) electrons. The maximum absolute atomic E-state index is 12.0. The number of aryl methyl sites for hydroxylation is 2. The fraction of sp³-hybridized carbons (Fsp3) is 0.286. The molecule has 0 bridgehead atoms. The van der Waals surface area contributed by atoms with Gasteiger partial charge in [-0.1, -0.05) is 5.21 Å². The highest BCUT2D eigenvalue weighted by Crippen LogP contribution is 2.14. The lowest BCUT2D eigenvalue weighted by Gasteiger charge is -1.99. The van der Waals surface area contributed by atoms with Crippen molar-refractivity contribution in [1.82, 2.24) is 29.8 Å². The molecule has 2 aromatic rings. The summed E-state index contributed by atoms with van der Waals surface area (Å²) in [5.41, 5.74) is 0.353. The maximum Gasteiger partial charge on any atom is 0.251 e. The Hall–Kier alpha value is -1.57. The summed E-state index contributed by atoms with van der Waals surface area (Å²) in [6.45, 7) is 0. The third kappa shape index (κ3) is 1.56. The smallest absolute Gasteiger partial charge is 0.251 e. The number of nitrogens with zero attached hydrogens (tertiary/aromatic N) is 6. The van der Waals surface area contributed by atoms with Gasteiger partial charge in [0.25, 0.3) is 5.78 Å². The largest absolute Gasteiger partial charge is 0.314 e. The summed E-state index contributed by atoms with van der Waals surface area (Å²) >= 11 is 3.16. The van der Waals surface area contributed by atoms with Crippen molar-refractivity contribution in [1.29, 1.82) is 0 Å². The van der Waals surface area contributed by atoms with Gasteiger partial charge in [0.2, 0.25) is 5.82 Å². The quantitative estimate of drug-likeness (QED) is 0.715. The minimum absolute atomic E-state index is 0.251. The van der Waals surface area contributed by atoms with Crippen molar-refractivity contribution in [2.45, 2.75) is 0 Å². The molecule has 8 heteroatoms. The molecule has 0 fully saturated rings. The van der Waals surface area contributed by atoms with Gasteiger partial charge in [0.15, 0.2) is 4.60 Å². The first-order chi connectivity index (χ1) is 7.11. The SMILES string of the molecule is Cn1cnnc1C(=O)c1c(Br)nnn1C. The molecule has 78 valence electrons. The molecule has 2 heterocycles. The van der Waals surface area contributed by atoms with E-state index >= 15 is 0 Å². The highest BCUT2D eigenvalue weighted by atomic mass is 79.9. The zero-order valence-electron chi connectivity index (χ0n) is 8.05. The van der Waals surface area contributed by atoms with E-state index in [0.717, 1.165) is 0 Å². The first kappa shape index (κ1) is 9.97. The average molecular weight is 271 g/mol. The van der Waals surface area contributed by atoms with Gasteiger partial charge >= 0.3 is 0 Å². The highest BCUT2D eigenvalue weighted by Gasteiger charge is 2.22. The van der Waals surface area contributed by atoms with Crippen LogP contribution in [0.4, 0.5) is 0 Å². The molecule has 0 spiro atoms. The van der Waals surface area contributed by atoms with E-state index in [4.69, 9.17) is 0 Å². The molecule has 15 heavy (non-hydrogen) atoms. The molecule has 2 aromatic heterocycles. The first-order valence-electron chi connectivity index (χ1n) is 4.05. The predicted octanol–water partition coefficient (Wildman–Crippen LogP) is -0.0629. The second kappa shape index (κ2) is 3.54. The summed E-state index contributed by atoms with van der Waals surface area (Å²) in [6, 6.07) is 0. The van der Waals surface area contributed by atoms with Gasteiger partial charge in [-0.2, -0.15) is 0 Å². The number of halogens is 1. The fourth-order valence-corrected chi connectivity index (χ4v) is 1.67. The van der Waals surface area contributed by atoms with Gasteiger partial charge in [-0.25, -0.2) is 4.68 Å². The second-order valence-electron chi connectivity index (χ2n) is 2.95. The van der Waals surface area contributed by atoms with E-state index < -0.39 is 0 Å². The van der Waals surface area contributed by atoms with Crippen LogP contribution in [0.25, 0.3) is 0 Å². The molecule has 7 nitrogen and oxygen atoms in total. The van der Waals surface area contributed by atoms with E-state index in [1.165, 1.54) is 11.0 Å². The summed E-state index contributed by atoms with van der Waals surface area (Å²) in [4.78, 5) is 12.0. The predicted molar refractivity (Wildman–Crippen MR) is 53.1 cm³/mol. The van der Waals surface area contributed by atoms with Crippen molar-refractivity contribution in [2.24, 2.45) is 14.1 Å². The summed E-state index contributed by atoms with van der Waals surface area (Å²) in [6.07, 6.45) is 1.46. The van der Waals surface area contributed by atoms with Crippen LogP contribution in [0.1, 0.15) is 16.3 Å². The molecule has 0 N–H and O–H groups in total. The average Bonchev–Trinajstić information content (AvgIpc) is 2.73. The van der Waals surface area contributed by atoms with Crippen LogP contribution < -0.4 is 0 Å². The Morgan fingerprint density at radius 3 is 2.60 bits per heavy atom.